The molecule has 0 aromatic rings. The summed E-state index contributed by atoms with van der Waals surface area (Å²) in [6.07, 6.45) is 6.32. The second kappa shape index (κ2) is 3.61. The minimum absolute atomic E-state index is 0.566. The Balaban J connectivity index is 2.83. The molecule has 1 aliphatic rings. The van der Waals surface area contributed by atoms with Gasteiger partial charge in [0.05, 0.1) is 0 Å². The van der Waals surface area contributed by atoms with Gasteiger partial charge in [0, 0.05) is 18.4 Å². The van der Waals surface area contributed by atoms with E-state index in [0.717, 1.165) is 12.2 Å². The molecule has 1 nitrogen and oxygen atoms in total. The molecule has 66 valence electrons. The Morgan fingerprint density at radius 2 is 2.17 bits per heavy atom. The lowest BCUT2D eigenvalue weighted by molar-refractivity contribution is 0.483. The van der Waals surface area contributed by atoms with Crippen molar-refractivity contribution < 1.29 is 0 Å². The van der Waals surface area contributed by atoms with Crippen molar-refractivity contribution in [1.82, 2.24) is 4.90 Å². The molecule has 0 saturated heterocycles. The lowest BCUT2D eigenvalue weighted by Gasteiger charge is -2.27. The van der Waals surface area contributed by atoms with Gasteiger partial charge in [-0.25, -0.2) is 0 Å². The van der Waals surface area contributed by atoms with Crippen LogP contribution >= 0.6 is 0 Å². The van der Waals surface area contributed by atoms with Gasteiger partial charge in [-0.3, -0.25) is 0 Å². The Hall–Kier alpha value is -0.980. The number of hydrogen-bond acceptors (Lipinski definition) is 1. The van der Waals surface area contributed by atoms with E-state index in [0.29, 0.717) is 5.92 Å². The van der Waals surface area contributed by atoms with Crippen molar-refractivity contribution in [2.24, 2.45) is 5.92 Å². The smallest absolute Gasteiger partial charge is 0.0368 e. The molecule has 1 aliphatic heterocycles. The molecule has 0 fully saturated rings. The topological polar surface area (TPSA) is 3.24 Å². The molecule has 1 heterocycles. The lowest BCUT2D eigenvalue weighted by atomic mass is 9.98. The van der Waals surface area contributed by atoms with Crippen molar-refractivity contribution in [3.05, 3.63) is 36.2 Å². The molecule has 0 bridgehead atoms. The molecule has 0 unspecified atom stereocenters. The number of likely N-dealkylation sites (N-methyl/N-ethyl adjacent to an activating group) is 1. The van der Waals surface area contributed by atoms with E-state index >= 15 is 0 Å². The maximum absolute atomic E-state index is 4.08. The van der Waals surface area contributed by atoms with Crippen molar-refractivity contribution in [2.75, 3.05) is 6.54 Å². The second-order valence-electron chi connectivity index (χ2n) is 3.35. The highest BCUT2D eigenvalue weighted by molar-refractivity contribution is 5.36. The van der Waals surface area contributed by atoms with Crippen LogP contribution < -0.4 is 0 Å². The van der Waals surface area contributed by atoms with E-state index in [-0.39, 0.29) is 0 Å². The molecule has 0 radical (unpaired) electrons. The fraction of sp³-hybridized carbons (Fsp3) is 0.455. The van der Waals surface area contributed by atoms with Crippen LogP contribution in [0.3, 0.4) is 0 Å². The van der Waals surface area contributed by atoms with E-state index < -0.39 is 0 Å². The molecule has 0 N–H and O–H groups in total. The van der Waals surface area contributed by atoms with Gasteiger partial charge in [-0.05, 0) is 24.5 Å². The molecule has 0 atom stereocenters. The van der Waals surface area contributed by atoms with Crippen LogP contribution in [0.4, 0.5) is 0 Å². The Morgan fingerprint density at radius 3 is 2.67 bits per heavy atom. The zero-order valence-electron chi connectivity index (χ0n) is 8.17. The average molecular weight is 163 g/mol. The van der Waals surface area contributed by atoms with Crippen molar-refractivity contribution in [3.8, 4) is 0 Å². The first-order valence-corrected chi connectivity index (χ1v) is 4.51. The lowest BCUT2D eigenvalue weighted by Crippen LogP contribution is -2.20. The van der Waals surface area contributed by atoms with E-state index in [1.165, 1.54) is 5.57 Å². The summed E-state index contributed by atoms with van der Waals surface area (Å²) in [6.45, 7) is 11.6. The van der Waals surface area contributed by atoms with Gasteiger partial charge in [0.1, 0.15) is 0 Å². The average Bonchev–Trinajstić information content (AvgIpc) is 2.04. The minimum Gasteiger partial charge on any atom is -0.349 e. The van der Waals surface area contributed by atoms with Crippen molar-refractivity contribution in [3.63, 3.8) is 0 Å². The van der Waals surface area contributed by atoms with Crippen LogP contribution in [-0.4, -0.2) is 11.4 Å². The molecule has 0 aliphatic carbocycles. The van der Waals surface area contributed by atoms with Gasteiger partial charge in [0.2, 0.25) is 0 Å². The normalized spacial score (nSPS) is 17.2. The Labute approximate surface area is 75.1 Å². The predicted octanol–water partition coefficient (Wildman–Crippen LogP) is 2.93. The van der Waals surface area contributed by atoms with E-state index in [4.69, 9.17) is 0 Å². The second-order valence-corrected chi connectivity index (χ2v) is 3.35. The molecule has 0 aromatic carbocycles. The standard InChI is InChI=1S/C11H17N/c1-5-12-8-6-7-11(9(2)3)10(12)4/h6-9H,4-5H2,1-3H3. The van der Waals surface area contributed by atoms with Gasteiger partial charge in [-0.2, -0.15) is 0 Å². The summed E-state index contributed by atoms with van der Waals surface area (Å²) in [5.74, 6) is 0.566. The van der Waals surface area contributed by atoms with Gasteiger partial charge in [-0.1, -0.05) is 26.5 Å². The maximum atomic E-state index is 4.08. The third-order valence-electron chi connectivity index (χ3n) is 2.18. The van der Waals surface area contributed by atoms with Gasteiger partial charge in [0.25, 0.3) is 0 Å². The zero-order chi connectivity index (χ0) is 9.14. The van der Waals surface area contributed by atoms with Gasteiger partial charge >= 0.3 is 0 Å². The number of rotatable bonds is 2. The highest BCUT2D eigenvalue weighted by Gasteiger charge is 2.13. The number of allylic oxidation sites excluding steroid dienone is 3. The maximum Gasteiger partial charge on any atom is 0.0368 e. The summed E-state index contributed by atoms with van der Waals surface area (Å²) in [5.41, 5.74) is 2.49. The summed E-state index contributed by atoms with van der Waals surface area (Å²) in [6, 6.07) is 0. The highest BCUT2D eigenvalue weighted by Crippen LogP contribution is 2.24. The highest BCUT2D eigenvalue weighted by atomic mass is 15.1. The van der Waals surface area contributed by atoms with Crippen LogP contribution in [0.25, 0.3) is 0 Å². The van der Waals surface area contributed by atoms with Crippen LogP contribution in [0.1, 0.15) is 20.8 Å². The first kappa shape index (κ1) is 9.11. The third-order valence-corrected chi connectivity index (χ3v) is 2.18. The Kier molecular flexibility index (Phi) is 2.74. The Morgan fingerprint density at radius 1 is 1.50 bits per heavy atom. The van der Waals surface area contributed by atoms with Gasteiger partial charge in [-0.15, -0.1) is 0 Å². The molecule has 1 rings (SSSR count). The number of nitrogens with zero attached hydrogens (tertiary/aromatic N) is 1. The quantitative estimate of drug-likeness (QED) is 0.605. The van der Waals surface area contributed by atoms with Crippen molar-refractivity contribution >= 4 is 0 Å². The molecular formula is C11H17N. The molecular weight excluding hydrogens is 146 g/mol. The fourth-order valence-electron chi connectivity index (χ4n) is 1.42. The van der Waals surface area contributed by atoms with Gasteiger partial charge in [0.15, 0.2) is 0 Å². The predicted molar refractivity (Wildman–Crippen MR) is 53.6 cm³/mol. The third kappa shape index (κ3) is 1.60. The van der Waals surface area contributed by atoms with Crippen LogP contribution in [-0.2, 0) is 0 Å². The van der Waals surface area contributed by atoms with Crippen LogP contribution in [0.15, 0.2) is 36.2 Å². The van der Waals surface area contributed by atoms with Crippen molar-refractivity contribution in [1.29, 1.82) is 0 Å². The first-order valence-electron chi connectivity index (χ1n) is 4.51. The first-order chi connectivity index (χ1) is 5.66. The summed E-state index contributed by atoms with van der Waals surface area (Å²) in [7, 11) is 0. The zero-order valence-corrected chi connectivity index (χ0v) is 8.17. The molecule has 0 amide bonds. The largest absolute Gasteiger partial charge is 0.349 e. The summed E-state index contributed by atoms with van der Waals surface area (Å²) >= 11 is 0. The van der Waals surface area contributed by atoms with Gasteiger partial charge < -0.3 is 4.90 Å². The fourth-order valence-corrected chi connectivity index (χ4v) is 1.42. The molecule has 12 heavy (non-hydrogen) atoms. The molecule has 0 spiro atoms. The Bertz CT molecular complexity index is 233. The van der Waals surface area contributed by atoms with Crippen molar-refractivity contribution in [2.45, 2.75) is 20.8 Å². The van der Waals surface area contributed by atoms with E-state index in [1.807, 2.05) is 0 Å². The molecule has 1 heteroatoms. The summed E-state index contributed by atoms with van der Waals surface area (Å²) in [5, 5.41) is 0. The van der Waals surface area contributed by atoms with Crippen LogP contribution in [0.5, 0.6) is 0 Å². The van der Waals surface area contributed by atoms with Crippen LogP contribution in [0.2, 0.25) is 0 Å². The minimum atomic E-state index is 0.566. The van der Waals surface area contributed by atoms with E-state index in [9.17, 15) is 0 Å². The monoisotopic (exact) mass is 163 g/mol. The van der Waals surface area contributed by atoms with Crippen LogP contribution in [0, 0.1) is 5.92 Å². The molecule has 0 saturated carbocycles. The summed E-state index contributed by atoms with van der Waals surface area (Å²) in [4.78, 5) is 2.18. The van der Waals surface area contributed by atoms with E-state index in [2.05, 4.69) is 50.6 Å². The van der Waals surface area contributed by atoms with E-state index in [1.54, 1.807) is 0 Å². The molecule has 0 aromatic heterocycles. The number of hydrogen-bond donors (Lipinski definition) is 0. The summed E-state index contributed by atoms with van der Waals surface area (Å²) < 4.78 is 0. The SMILES string of the molecule is C=C1C(C(C)C)=CC=CN1CC.